The normalized spacial score (nSPS) is 16.6. The molecule has 1 aliphatic rings. The Morgan fingerprint density at radius 2 is 2.08 bits per heavy atom. The molecule has 2 aromatic heterocycles. The number of anilines is 2. The zero-order valence-electron chi connectivity index (χ0n) is 23.8. The van der Waals surface area contributed by atoms with Crippen LogP contribution in [-0.2, 0) is 17.9 Å². The van der Waals surface area contributed by atoms with Gasteiger partial charge in [-0.05, 0) is 43.6 Å². The van der Waals surface area contributed by atoms with E-state index in [9.17, 15) is 15.0 Å². The minimum atomic E-state index is -0.121. The predicted molar refractivity (Wildman–Crippen MR) is 156 cm³/mol. The fourth-order valence-electron chi connectivity index (χ4n) is 5.23. The van der Waals surface area contributed by atoms with Gasteiger partial charge in [-0.1, -0.05) is 31.5 Å². The van der Waals surface area contributed by atoms with Gasteiger partial charge in [-0.25, -0.2) is 4.98 Å². The highest BCUT2D eigenvalue weighted by atomic mass is 16.3. The van der Waals surface area contributed by atoms with Crippen LogP contribution in [0, 0.1) is 0 Å². The first-order valence-electron chi connectivity index (χ1n) is 14.1. The zero-order valence-corrected chi connectivity index (χ0v) is 23.8. The van der Waals surface area contributed by atoms with Crippen molar-refractivity contribution >= 4 is 28.7 Å². The molecule has 1 aliphatic heterocycles. The number of carbonyl (C=O) groups excluding carboxylic acids is 1. The standard InChI is InChI=1S/C28H43N9O3/c1-4-5-22(9-13-38)32-27-26-23(33-28(29)34-27)15-31-37(26)16-20-7-6-19(14-21(20)18-39)24-17-36(12-10-30-24)25(40)8-11-35(2)3/h6-7,14-15,22,24,30,38-39H,4-5,8-13,16-18H2,1-3H3,(H3,29,32,33,34)/t22-,24?/m0/s1. The van der Waals surface area contributed by atoms with E-state index in [1.165, 1.54) is 0 Å². The molecule has 0 spiro atoms. The van der Waals surface area contributed by atoms with E-state index in [2.05, 4.69) is 38.7 Å². The van der Waals surface area contributed by atoms with Gasteiger partial charge in [0.2, 0.25) is 11.9 Å². The SMILES string of the molecule is CCC[C@@H](CCO)Nc1nc(N)nc2cnn(Cc3ccc(C4CN(C(=O)CCN(C)C)CCN4)cc3CO)c12. The van der Waals surface area contributed by atoms with Crippen LogP contribution < -0.4 is 16.4 Å². The van der Waals surface area contributed by atoms with Gasteiger partial charge < -0.3 is 36.4 Å². The molecule has 4 rings (SSSR count). The summed E-state index contributed by atoms with van der Waals surface area (Å²) in [6, 6.07) is 6.12. The average molecular weight is 554 g/mol. The highest BCUT2D eigenvalue weighted by Crippen LogP contribution is 2.26. The van der Waals surface area contributed by atoms with E-state index < -0.39 is 0 Å². The number of hydrogen-bond donors (Lipinski definition) is 5. The van der Waals surface area contributed by atoms with E-state index in [1.54, 1.807) is 6.20 Å². The van der Waals surface area contributed by atoms with Gasteiger partial charge in [0, 0.05) is 51.3 Å². The molecule has 1 saturated heterocycles. The maximum Gasteiger partial charge on any atom is 0.223 e. The number of fused-ring (bicyclic) bond motifs is 1. The number of aromatic nitrogens is 4. The van der Waals surface area contributed by atoms with Crippen LogP contribution in [0.15, 0.2) is 24.4 Å². The predicted octanol–water partition coefficient (Wildman–Crippen LogP) is 1.34. The fraction of sp³-hybridized carbons (Fsp3) is 0.571. The Labute approximate surface area is 235 Å². The molecule has 1 fully saturated rings. The summed E-state index contributed by atoms with van der Waals surface area (Å²) < 4.78 is 1.82. The molecule has 2 atom stereocenters. The van der Waals surface area contributed by atoms with Gasteiger partial charge in [0.1, 0.15) is 11.0 Å². The molecule has 0 bridgehead atoms. The summed E-state index contributed by atoms with van der Waals surface area (Å²) in [4.78, 5) is 25.5. The van der Waals surface area contributed by atoms with Crippen molar-refractivity contribution in [1.82, 2.24) is 34.9 Å². The quantitative estimate of drug-likeness (QED) is 0.209. The molecule has 12 heteroatoms. The molecule has 1 unspecified atom stereocenters. The van der Waals surface area contributed by atoms with Gasteiger partial charge in [-0.15, -0.1) is 0 Å². The molecular formula is C28H43N9O3. The van der Waals surface area contributed by atoms with Crippen LogP contribution in [0.4, 0.5) is 11.8 Å². The van der Waals surface area contributed by atoms with Crippen LogP contribution in [-0.4, -0.2) is 98.6 Å². The van der Waals surface area contributed by atoms with Crippen molar-refractivity contribution in [2.45, 2.75) is 57.8 Å². The maximum atomic E-state index is 12.7. The molecule has 218 valence electrons. The maximum absolute atomic E-state index is 12.7. The van der Waals surface area contributed by atoms with Crippen LogP contribution in [0.2, 0.25) is 0 Å². The Kier molecular flexibility index (Phi) is 10.3. The second-order valence-corrected chi connectivity index (χ2v) is 10.7. The number of hydrogen-bond acceptors (Lipinski definition) is 10. The minimum absolute atomic E-state index is 0.00357. The summed E-state index contributed by atoms with van der Waals surface area (Å²) >= 11 is 0. The second kappa shape index (κ2) is 13.8. The lowest BCUT2D eigenvalue weighted by Gasteiger charge is -2.34. The molecule has 0 radical (unpaired) electrons. The number of nitrogen functional groups attached to an aromatic ring is 1. The number of benzene rings is 1. The van der Waals surface area contributed by atoms with Gasteiger partial charge in [0.25, 0.3) is 0 Å². The monoisotopic (exact) mass is 553 g/mol. The van der Waals surface area contributed by atoms with Gasteiger partial charge in [-0.3, -0.25) is 9.48 Å². The summed E-state index contributed by atoms with van der Waals surface area (Å²) in [5.41, 5.74) is 10.1. The van der Waals surface area contributed by atoms with E-state index in [4.69, 9.17) is 5.73 Å². The molecule has 0 aliphatic carbocycles. The highest BCUT2D eigenvalue weighted by molar-refractivity contribution is 5.86. The lowest BCUT2D eigenvalue weighted by atomic mass is 9.98. The van der Waals surface area contributed by atoms with E-state index >= 15 is 0 Å². The molecule has 6 N–H and O–H groups in total. The second-order valence-electron chi connectivity index (χ2n) is 10.7. The summed E-state index contributed by atoms with van der Waals surface area (Å²) in [6.07, 6.45) is 4.61. The van der Waals surface area contributed by atoms with Crippen molar-refractivity contribution in [3.8, 4) is 0 Å². The van der Waals surface area contributed by atoms with Crippen molar-refractivity contribution in [2.24, 2.45) is 0 Å². The molecule has 40 heavy (non-hydrogen) atoms. The Bertz CT molecular complexity index is 1270. The zero-order chi connectivity index (χ0) is 28.6. The number of aliphatic hydroxyl groups excluding tert-OH is 2. The van der Waals surface area contributed by atoms with Gasteiger partial charge >= 0.3 is 0 Å². The summed E-state index contributed by atoms with van der Waals surface area (Å²) in [5.74, 6) is 0.903. The van der Waals surface area contributed by atoms with Gasteiger partial charge in [0.05, 0.1) is 19.3 Å². The number of nitrogens with one attached hydrogen (secondary N) is 2. The lowest BCUT2D eigenvalue weighted by Crippen LogP contribution is -2.48. The largest absolute Gasteiger partial charge is 0.396 e. The molecule has 3 heterocycles. The smallest absolute Gasteiger partial charge is 0.223 e. The van der Waals surface area contributed by atoms with Gasteiger partial charge in [0.15, 0.2) is 5.82 Å². The highest BCUT2D eigenvalue weighted by Gasteiger charge is 2.25. The number of carbonyl (C=O) groups is 1. The van der Waals surface area contributed by atoms with Crippen LogP contribution in [0.25, 0.3) is 11.0 Å². The molecule has 0 saturated carbocycles. The third-order valence-electron chi connectivity index (χ3n) is 7.39. The number of aliphatic hydroxyl groups is 2. The Hall–Kier alpha value is -3.32. The fourth-order valence-corrected chi connectivity index (χ4v) is 5.23. The number of nitrogens with two attached hydrogens (primary N) is 1. The van der Waals surface area contributed by atoms with E-state index in [0.717, 1.165) is 48.1 Å². The number of nitrogens with zero attached hydrogens (tertiary/aromatic N) is 6. The van der Waals surface area contributed by atoms with E-state index in [-0.39, 0.29) is 37.2 Å². The van der Waals surface area contributed by atoms with Crippen LogP contribution in [0.5, 0.6) is 0 Å². The molecule has 12 nitrogen and oxygen atoms in total. The molecule has 3 aromatic rings. The summed E-state index contributed by atoms with van der Waals surface area (Å²) in [6.45, 7) is 5.21. The average Bonchev–Trinajstić information content (AvgIpc) is 3.34. The van der Waals surface area contributed by atoms with E-state index in [0.29, 0.717) is 43.8 Å². The van der Waals surface area contributed by atoms with E-state index in [1.807, 2.05) is 40.7 Å². The topological polar surface area (TPSA) is 158 Å². The summed E-state index contributed by atoms with van der Waals surface area (Å²) in [5, 5.41) is 31.3. The first kappa shape index (κ1) is 29.7. The first-order valence-corrected chi connectivity index (χ1v) is 14.1. The van der Waals surface area contributed by atoms with Crippen LogP contribution >= 0.6 is 0 Å². The lowest BCUT2D eigenvalue weighted by molar-refractivity contribution is -0.132. The minimum Gasteiger partial charge on any atom is -0.396 e. The number of rotatable bonds is 13. The molecular weight excluding hydrogens is 510 g/mol. The van der Waals surface area contributed by atoms with Crippen LogP contribution in [0.1, 0.15) is 55.3 Å². The number of amides is 1. The molecule has 1 aromatic carbocycles. The molecule has 1 amide bonds. The van der Waals surface area contributed by atoms with Crippen molar-refractivity contribution in [3.63, 3.8) is 0 Å². The Morgan fingerprint density at radius 1 is 1.25 bits per heavy atom. The summed E-state index contributed by atoms with van der Waals surface area (Å²) in [7, 11) is 3.94. The third kappa shape index (κ3) is 7.25. The Balaban J connectivity index is 1.55. The Morgan fingerprint density at radius 3 is 2.80 bits per heavy atom. The van der Waals surface area contributed by atoms with Crippen molar-refractivity contribution < 1.29 is 15.0 Å². The van der Waals surface area contributed by atoms with Gasteiger partial charge in [-0.2, -0.15) is 10.1 Å². The van der Waals surface area contributed by atoms with Crippen molar-refractivity contribution in [2.75, 3.05) is 57.9 Å². The first-order chi connectivity index (χ1) is 19.3. The van der Waals surface area contributed by atoms with Crippen LogP contribution in [0.3, 0.4) is 0 Å². The number of piperazine rings is 1. The third-order valence-corrected chi connectivity index (χ3v) is 7.39. The van der Waals surface area contributed by atoms with Crippen molar-refractivity contribution in [1.29, 1.82) is 0 Å². The van der Waals surface area contributed by atoms with Crippen molar-refractivity contribution in [3.05, 3.63) is 41.1 Å².